The van der Waals surface area contributed by atoms with E-state index in [1.165, 1.54) is 6.07 Å². The van der Waals surface area contributed by atoms with E-state index < -0.39 is 35.4 Å². The van der Waals surface area contributed by atoms with Crippen molar-refractivity contribution in [2.24, 2.45) is 0 Å². The molecule has 1 rings (SSSR count). The average molecular weight is 329 g/mol. The Morgan fingerprint density at radius 2 is 1.91 bits per heavy atom. The van der Waals surface area contributed by atoms with Gasteiger partial charge in [0, 0.05) is 12.5 Å². The third-order valence-electron chi connectivity index (χ3n) is 2.63. The van der Waals surface area contributed by atoms with Crippen LogP contribution in [0.5, 0.6) is 0 Å². The van der Waals surface area contributed by atoms with Gasteiger partial charge in [-0.05, 0) is 39.3 Å². The summed E-state index contributed by atoms with van der Waals surface area (Å²) >= 11 is 0. The molecule has 0 aliphatic rings. The van der Waals surface area contributed by atoms with E-state index in [2.05, 4.69) is 5.32 Å². The molecule has 0 aliphatic carbocycles. The fourth-order valence-corrected chi connectivity index (χ4v) is 1.76. The molecule has 0 aliphatic heterocycles. The lowest BCUT2D eigenvalue weighted by Gasteiger charge is -2.20. The predicted molar refractivity (Wildman–Crippen MR) is 79.9 cm³/mol. The Labute approximate surface area is 134 Å². The molecule has 0 aromatic heterocycles. The fourth-order valence-electron chi connectivity index (χ4n) is 1.76. The van der Waals surface area contributed by atoms with Crippen molar-refractivity contribution in [1.82, 2.24) is 5.32 Å². The summed E-state index contributed by atoms with van der Waals surface area (Å²) in [4.78, 5) is 23.0. The van der Waals surface area contributed by atoms with Crippen LogP contribution in [0, 0.1) is 11.6 Å². The third-order valence-corrected chi connectivity index (χ3v) is 2.63. The van der Waals surface area contributed by atoms with E-state index in [1.54, 1.807) is 27.7 Å². The van der Waals surface area contributed by atoms with Crippen molar-refractivity contribution < 1.29 is 27.8 Å². The number of carbonyl (C=O) groups is 2. The molecule has 0 saturated heterocycles. The summed E-state index contributed by atoms with van der Waals surface area (Å²) < 4.78 is 36.3. The number of benzene rings is 1. The SMILES string of the molecule is CC(Cc1ccc(F)cc1F)OC(=O)CNC(=O)OC(C)(C)C. The molecule has 0 saturated carbocycles. The molecule has 23 heavy (non-hydrogen) atoms. The van der Waals surface area contributed by atoms with Crippen LogP contribution < -0.4 is 5.32 Å². The summed E-state index contributed by atoms with van der Waals surface area (Å²) in [6.45, 7) is 6.32. The average Bonchev–Trinajstić information content (AvgIpc) is 2.38. The first-order valence-corrected chi connectivity index (χ1v) is 7.17. The highest BCUT2D eigenvalue weighted by atomic mass is 19.1. The zero-order valence-electron chi connectivity index (χ0n) is 13.6. The zero-order valence-corrected chi connectivity index (χ0v) is 13.6. The molecule has 0 bridgehead atoms. The first-order chi connectivity index (χ1) is 10.6. The number of hydrogen-bond donors (Lipinski definition) is 1. The number of alkyl carbamates (subject to hydrolysis) is 1. The number of halogens is 2. The summed E-state index contributed by atoms with van der Waals surface area (Å²) in [5.74, 6) is -2.04. The highest BCUT2D eigenvalue weighted by Gasteiger charge is 2.18. The fraction of sp³-hybridized carbons (Fsp3) is 0.500. The highest BCUT2D eigenvalue weighted by molar-refractivity contribution is 5.78. The van der Waals surface area contributed by atoms with Crippen LogP contribution >= 0.6 is 0 Å². The van der Waals surface area contributed by atoms with Gasteiger partial charge in [-0.25, -0.2) is 13.6 Å². The lowest BCUT2D eigenvalue weighted by atomic mass is 10.1. The van der Waals surface area contributed by atoms with Crippen LogP contribution in [-0.2, 0) is 20.7 Å². The van der Waals surface area contributed by atoms with Crippen LogP contribution in [0.2, 0.25) is 0 Å². The number of amides is 1. The highest BCUT2D eigenvalue weighted by Crippen LogP contribution is 2.13. The Morgan fingerprint density at radius 3 is 2.48 bits per heavy atom. The van der Waals surface area contributed by atoms with Gasteiger partial charge in [0.25, 0.3) is 0 Å². The number of carbonyl (C=O) groups excluding carboxylic acids is 2. The maximum absolute atomic E-state index is 13.5. The molecule has 0 spiro atoms. The topological polar surface area (TPSA) is 64.6 Å². The summed E-state index contributed by atoms with van der Waals surface area (Å²) in [5.41, 5.74) is -0.423. The summed E-state index contributed by atoms with van der Waals surface area (Å²) in [7, 11) is 0. The molecule has 1 aromatic carbocycles. The van der Waals surface area contributed by atoms with E-state index >= 15 is 0 Å². The van der Waals surface area contributed by atoms with Crippen molar-refractivity contribution in [2.45, 2.75) is 45.8 Å². The molecule has 1 amide bonds. The first kappa shape index (κ1) is 18.9. The molecule has 0 fully saturated rings. The van der Waals surface area contributed by atoms with E-state index in [-0.39, 0.29) is 18.5 Å². The van der Waals surface area contributed by atoms with E-state index in [1.807, 2.05) is 0 Å². The van der Waals surface area contributed by atoms with Gasteiger partial charge in [-0.2, -0.15) is 0 Å². The Morgan fingerprint density at radius 1 is 1.26 bits per heavy atom. The Hall–Kier alpha value is -2.18. The summed E-state index contributed by atoms with van der Waals surface area (Å²) in [5, 5.41) is 2.27. The second-order valence-electron chi connectivity index (χ2n) is 6.10. The van der Waals surface area contributed by atoms with E-state index in [4.69, 9.17) is 9.47 Å². The van der Waals surface area contributed by atoms with Gasteiger partial charge in [-0.3, -0.25) is 4.79 Å². The minimum atomic E-state index is -0.730. The number of nitrogens with one attached hydrogen (secondary N) is 1. The molecule has 7 heteroatoms. The Balaban J connectivity index is 2.40. The van der Waals surface area contributed by atoms with Crippen molar-refractivity contribution in [2.75, 3.05) is 6.54 Å². The standard InChI is InChI=1S/C16H21F2NO4/c1-10(7-11-5-6-12(17)8-13(11)18)22-14(20)9-19-15(21)23-16(2,3)4/h5-6,8,10H,7,9H2,1-4H3,(H,19,21). The molecule has 0 radical (unpaired) electrons. The smallest absolute Gasteiger partial charge is 0.408 e. The van der Waals surface area contributed by atoms with Gasteiger partial charge in [-0.1, -0.05) is 6.07 Å². The molecular formula is C16H21F2NO4. The van der Waals surface area contributed by atoms with Crippen LogP contribution in [0.15, 0.2) is 18.2 Å². The molecule has 1 aromatic rings. The predicted octanol–water partition coefficient (Wildman–Crippen LogP) is 2.96. The monoisotopic (exact) mass is 329 g/mol. The van der Waals surface area contributed by atoms with Crippen molar-refractivity contribution in [3.63, 3.8) is 0 Å². The van der Waals surface area contributed by atoms with E-state index in [0.29, 0.717) is 0 Å². The van der Waals surface area contributed by atoms with Gasteiger partial charge in [0.1, 0.15) is 29.9 Å². The zero-order chi connectivity index (χ0) is 17.6. The normalized spacial score (nSPS) is 12.4. The van der Waals surface area contributed by atoms with Crippen molar-refractivity contribution >= 4 is 12.1 Å². The second-order valence-corrected chi connectivity index (χ2v) is 6.10. The van der Waals surface area contributed by atoms with Gasteiger partial charge < -0.3 is 14.8 Å². The number of hydrogen-bond acceptors (Lipinski definition) is 4. The van der Waals surface area contributed by atoms with Crippen molar-refractivity contribution in [3.05, 3.63) is 35.4 Å². The molecule has 0 heterocycles. The lowest BCUT2D eigenvalue weighted by Crippen LogP contribution is -2.36. The van der Waals surface area contributed by atoms with Gasteiger partial charge in [-0.15, -0.1) is 0 Å². The third kappa shape index (κ3) is 7.58. The second kappa shape index (κ2) is 7.89. The summed E-state index contributed by atoms with van der Waals surface area (Å²) in [6.07, 6.45) is -1.25. The molecule has 5 nitrogen and oxygen atoms in total. The van der Waals surface area contributed by atoms with Crippen LogP contribution in [0.25, 0.3) is 0 Å². The van der Waals surface area contributed by atoms with Crippen LogP contribution in [0.3, 0.4) is 0 Å². The number of rotatable bonds is 5. The van der Waals surface area contributed by atoms with Crippen LogP contribution in [-0.4, -0.2) is 30.3 Å². The van der Waals surface area contributed by atoms with E-state index in [0.717, 1.165) is 12.1 Å². The molecule has 1 atom stereocenters. The first-order valence-electron chi connectivity index (χ1n) is 7.17. The Bertz CT molecular complexity index is 570. The van der Waals surface area contributed by atoms with Gasteiger partial charge >= 0.3 is 12.1 Å². The van der Waals surface area contributed by atoms with E-state index in [9.17, 15) is 18.4 Å². The molecule has 1 unspecified atom stereocenters. The van der Waals surface area contributed by atoms with Crippen LogP contribution in [0.1, 0.15) is 33.3 Å². The van der Waals surface area contributed by atoms with Crippen molar-refractivity contribution in [3.8, 4) is 0 Å². The number of ether oxygens (including phenoxy) is 2. The molecule has 128 valence electrons. The summed E-state index contributed by atoms with van der Waals surface area (Å²) in [6, 6.07) is 3.21. The molecular weight excluding hydrogens is 308 g/mol. The van der Waals surface area contributed by atoms with Gasteiger partial charge in [0.15, 0.2) is 0 Å². The maximum atomic E-state index is 13.5. The Kier molecular flexibility index (Phi) is 6.48. The number of esters is 1. The minimum absolute atomic E-state index is 0.101. The largest absolute Gasteiger partial charge is 0.461 e. The lowest BCUT2D eigenvalue weighted by molar-refractivity contribution is -0.147. The molecule has 1 N–H and O–H groups in total. The maximum Gasteiger partial charge on any atom is 0.408 e. The van der Waals surface area contributed by atoms with Gasteiger partial charge in [0.2, 0.25) is 0 Å². The van der Waals surface area contributed by atoms with Gasteiger partial charge in [0.05, 0.1) is 0 Å². The van der Waals surface area contributed by atoms with Crippen LogP contribution in [0.4, 0.5) is 13.6 Å². The minimum Gasteiger partial charge on any atom is -0.461 e. The quantitative estimate of drug-likeness (QED) is 0.844. The van der Waals surface area contributed by atoms with Crippen molar-refractivity contribution in [1.29, 1.82) is 0 Å².